The van der Waals surface area contributed by atoms with Gasteiger partial charge in [-0.3, -0.25) is 15.0 Å². The highest BCUT2D eigenvalue weighted by molar-refractivity contribution is 6.08. The first kappa shape index (κ1) is 31.0. The molecule has 0 unspecified atom stereocenters. The van der Waals surface area contributed by atoms with Crippen molar-refractivity contribution >= 4 is 39.9 Å². The SMILES string of the molecule is C.Cn1c(CNc2ccc(C(=N)N)cc2)nc2cc(C(=O)N(CCC(=O)CCCCCN)c3ccccc3)ccc21. The minimum absolute atomic E-state index is 0. The zero-order chi connectivity index (χ0) is 28.5. The molecule has 1 heterocycles. The number of benzene rings is 3. The van der Waals surface area contributed by atoms with Crippen molar-refractivity contribution in [2.75, 3.05) is 23.3 Å². The number of amidine groups is 1. The number of imidazole rings is 1. The molecule has 0 atom stereocenters. The summed E-state index contributed by atoms with van der Waals surface area (Å²) in [5, 5.41) is 10.9. The number of nitrogens with two attached hydrogens (primary N) is 2. The van der Waals surface area contributed by atoms with Gasteiger partial charge in [0.05, 0.1) is 17.6 Å². The molecule has 9 nitrogen and oxygen atoms in total. The van der Waals surface area contributed by atoms with Crippen molar-refractivity contribution in [1.82, 2.24) is 9.55 Å². The molecular formula is C32H41N7O2. The number of fused-ring (bicyclic) bond motifs is 1. The van der Waals surface area contributed by atoms with Crippen LogP contribution in [0.2, 0.25) is 0 Å². The molecule has 41 heavy (non-hydrogen) atoms. The number of para-hydroxylation sites is 1. The standard InChI is InChI=1S/C31H37N7O2.CH4/c1-37-28-16-13-23(20-27(28)36-29(37)21-35-24-14-11-22(12-15-24)30(33)34)31(40)38(25-8-4-2-5-9-25)19-17-26(39)10-6-3-7-18-32;/h2,4-5,8-9,11-16,20,35H,3,6-7,10,17-19,21,32H2,1H3,(H3,33,34);1H4. The summed E-state index contributed by atoms with van der Waals surface area (Å²) in [4.78, 5) is 32.7. The average molecular weight is 556 g/mol. The Morgan fingerprint density at radius 1 is 0.951 bits per heavy atom. The van der Waals surface area contributed by atoms with Gasteiger partial charge in [0.15, 0.2) is 0 Å². The van der Waals surface area contributed by atoms with E-state index < -0.39 is 0 Å². The fourth-order valence-corrected chi connectivity index (χ4v) is 4.61. The lowest BCUT2D eigenvalue weighted by molar-refractivity contribution is -0.119. The number of nitrogen functional groups attached to an aromatic ring is 1. The third kappa shape index (κ3) is 8.02. The number of ketones is 1. The fraction of sp³-hybridized carbons (Fsp3) is 0.312. The third-order valence-corrected chi connectivity index (χ3v) is 6.95. The summed E-state index contributed by atoms with van der Waals surface area (Å²) >= 11 is 0. The quantitative estimate of drug-likeness (QED) is 0.0953. The number of aryl methyl sites for hydroxylation is 1. The first-order valence-electron chi connectivity index (χ1n) is 13.6. The molecular weight excluding hydrogens is 514 g/mol. The van der Waals surface area contributed by atoms with E-state index in [2.05, 4.69) is 5.32 Å². The summed E-state index contributed by atoms with van der Waals surface area (Å²) in [5.74, 6) is 0.831. The van der Waals surface area contributed by atoms with Gasteiger partial charge in [0.2, 0.25) is 0 Å². The van der Waals surface area contributed by atoms with Gasteiger partial charge in [0.25, 0.3) is 5.91 Å². The van der Waals surface area contributed by atoms with Gasteiger partial charge >= 0.3 is 0 Å². The number of Topliss-reactive ketones (excluding diaryl/α,β-unsaturated/α-hetero) is 1. The van der Waals surface area contributed by atoms with Gasteiger partial charge in [-0.1, -0.05) is 32.0 Å². The molecule has 0 radical (unpaired) electrons. The number of aromatic nitrogens is 2. The van der Waals surface area contributed by atoms with Crippen LogP contribution < -0.4 is 21.7 Å². The summed E-state index contributed by atoms with van der Waals surface area (Å²) in [6.07, 6.45) is 3.50. The number of amides is 1. The van der Waals surface area contributed by atoms with E-state index >= 15 is 0 Å². The van der Waals surface area contributed by atoms with E-state index in [1.807, 2.05) is 72.3 Å². The molecule has 0 fully saturated rings. The smallest absolute Gasteiger partial charge is 0.258 e. The summed E-state index contributed by atoms with van der Waals surface area (Å²) in [7, 11) is 1.95. The van der Waals surface area contributed by atoms with Crippen molar-refractivity contribution in [2.24, 2.45) is 18.5 Å². The van der Waals surface area contributed by atoms with E-state index in [1.165, 1.54) is 0 Å². The lowest BCUT2D eigenvalue weighted by Crippen LogP contribution is -2.33. The molecule has 0 spiro atoms. The maximum Gasteiger partial charge on any atom is 0.258 e. The Kier molecular flexibility index (Phi) is 11.2. The van der Waals surface area contributed by atoms with Crippen molar-refractivity contribution < 1.29 is 9.59 Å². The molecule has 0 saturated heterocycles. The highest BCUT2D eigenvalue weighted by atomic mass is 16.2. The number of hydrogen-bond acceptors (Lipinski definition) is 6. The summed E-state index contributed by atoms with van der Waals surface area (Å²) in [6, 6.07) is 22.3. The van der Waals surface area contributed by atoms with Crippen LogP contribution in [0.15, 0.2) is 72.8 Å². The normalized spacial score (nSPS) is 10.7. The van der Waals surface area contributed by atoms with E-state index in [0.29, 0.717) is 43.6 Å². The van der Waals surface area contributed by atoms with Gasteiger partial charge in [-0.2, -0.15) is 0 Å². The third-order valence-electron chi connectivity index (χ3n) is 6.95. The van der Waals surface area contributed by atoms with Gasteiger partial charge < -0.3 is 26.3 Å². The topological polar surface area (TPSA) is 143 Å². The van der Waals surface area contributed by atoms with Crippen molar-refractivity contribution in [3.63, 3.8) is 0 Å². The predicted octanol–water partition coefficient (Wildman–Crippen LogP) is 5.23. The van der Waals surface area contributed by atoms with E-state index in [0.717, 1.165) is 47.5 Å². The number of anilines is 2. The number of nitrogens with zero attached hydrogens (tertiary/aromatic N) is 3. The number of nitrogens with one attached hydrogen (secondary N) is 2. The van der Waals surface area contributed by atoms with E-state index in [4.69, 9.17) is 21.9 Å². The van der Waals surface area contributed by atoms with Crippen LogP contribution in [0.5, 0.6) is 0 Å². The Morgan fingerprint density at radius 3 is 2.34 bits per heavy atom. The van der Waals surface area contributed by atoms with Crippen molar-refractivity contribution in [1.29, 1.82) is 5.41 Å². The highest BCUT2D eigenvalue weighted by Gasteiger charge is 2.20. The molecule has 0 aliphatic carbocycles. The minimum Gasteiger partial charge on any atom is -0.384 e. The molecule has 0 aliphatic rings. The number of rotatable bonds is 14. The van der Waals surface area contributed by atoms with Gasteiger partial charge in [-0.05, 0) is 74.0 Å². The molecule has 1 aromatic heterocycles. The van der Waals surface area contributed by atoms with E-state index in [-0.39, 0.29) is 25.0 Å². The monoisotopic (exact) mass is 555 g/mol. The summed E-state index contributed by atoms with van der Waals surface area (Å²) < 4.78 is 2.00. The second-order valence-electron chi connectivity index (χ2n) is 9.82. The number of hydrogen-bond donors (Lipinski definition) is 4. The fourth-order valence-electron chi connectivity index (χ4n) is 4.61. The molecule has 4 aromatic rings. The van der Waals surface area contributed by atoms with Crippen LogP contribution in [-0.4, -0.2) is 40.2 Å². The van der Waals surface area contributed by atoms with Crippen molar-refractivity contribution in [3.05, 3.63) is 89.7 Å². The van der Waals surface area contributed by atoms with E-state index in [9.17, 15) is 9.59 Å². The van der Waals surface area contributed by atoms with Gasteiger partial charge in [0.1, 0.15) is 17.4 Å². The molecule has 4 rings (SSSR count). The number of carbonyl (C=O) groups is 2. The summed E-state index contributed by atoms with van der Waals surface area (Å²) in [6.45, 7) is 1.44. The number of unbranched alkanes of at least 4 members (excludes halogenated alkanes) is 2. The van der Waals surface area contributed by atoms with Crippen LogP contribution in [0.1, 0.15) is 61.3 Å². The van der Waals surface area contributed by atoms with Crippen LogP contribution in [0.4, 0.5) is 11.4 Å². The van der Waals surface area contributed by atoms with Gasteiger partial charge in [-0.25, -0.2) is 4.98 Å². The Bertz CT molecular complexity index is 1460. The van der Waals surface area contributed by atoms with Crippen molar-refractivity contribution in [3.8, 4) is 0 Å². The molecule has 0 bridgehead atoms. The van der Waals surface area contributed by atoms with E-state index in [1.54, 1.807) is 17.0 Å². The molecule has 0 aliphatic heterocycles. The maximum absolute atomic E-state index is 13.7. The zero-order valence-corrected chi connectivity index (χ0v) is 22.9. The summed E-state index contributed by atoms with van der Waals surface area (Å²) in [5.41, 5.74) is 15.6. The van der Waals surface area contributed by atoms with Crippen LogP contribution in [0.3, 0.4) is 0 Å². The first-order valence-corrected chi connectivity index (χ1v) is 13.6. The largest absolute Gasteiger partial charge is 0.384 e. The minimum atomic E-state index is -0.167. The second kappa shape index (κ2) is 14.8. The highest BCUT2D eigenvalue weighted by Crippen LogP contribution is 2.22. The van der Waals surface area contributed by atoms with Crippen LogP contribution in [-0.2, 0) is 18.4 Å². The van der Waals surface area contributed by atoms with Crippen LogP contribution in [0, 0.1) is 5.41 Å². The lowest BCUT2D eigenvalue weighted by Gasteiger charge is -2.23. The lowest BCUT2D eigenvalue weighted by atomic mass is 10.1. The number of carbonyl (C=O) groups excluding carboxylic acids is 2. The Balaban J connectivity index is 0.00000462. The molecule has 3 aromatic carbocycles. The molecule has 0 saturated carbocycles. The molecule has 6 N–H and O–H groups in total. The van der Waals surface area contributed by atoms with Crippen LogP contribution >= 0.6 is 0 Å². The second-order valence-corrected chi connectivity index (χ2v) is 9.82. The Labute approximate surface area is 242 Å². The van der Waals surface area contributed by atoms with Crippen LogP contribution in [0.25, 0.3) is 11.0 Å². The van der Waals surface area contributed by atoms with Gasteiger partial charge in [-0.15, -0.1) is 0 Å². The Morgan fingerprint density at radius 2 is 1.66 bits per heavy atom. The molecule has 9 heteroatoms. The molecule has 216 valence electrons. The maximum atomic E-state index is 13.7. The Hall–Kier alpha value is -4.50. The predicted molar refractivity (Wildman–Crippen MR) is 167 cm³/mol. The average Bonchev–Trinajstić information content (AvgIpc) is 3.29. The zero-order valence-electron chi connectivity index (χ0n) is 22.9. The van der Waals surface area contributed by atoms with Gasteiger partial charge in [0, 0.05) is 48.9 Å². The molecule has 1 amide bonds. The first-order chi connectivity index (χ1) is 19.4. The van der Waals surface area contributed by atoms with Crippen molar-refractivity contribution in [2.45, 2.75) is 46.1 Å².